The van der Waals surface area contributed by atoms with E-state index in [2.05, 4.69) is 22.3 Å². The molecule has 0 aliphatic carbocycles. The minimum atomic E-state index is 0.425. The zero-order valence-corrected chi connectivity index (χ0v) is 11.2. The van der Waals surface area contributed by atoms with E-state index in [4.69, 9.17) is 17.3 Å². The van der Waals surface area contributed by atoms with Crippen molar-refractivity contribution in [2.45, 2.75) is 19.9 Å². The van der Waals surface area contributed by atoms with Gasteiger partial charge in [0.2, 0.25) is 0 Å². The van der Waals surface area contributed by atoms with Crippen LogP contribution in [0, 0.1) is 0 Å². The lowest BCUT2D eigenvalue weighted by atomic mass is 10.2. The Morgan fingerprint density at radius 2 is 2.22 bits per heavy atom. The molecule has 0 spiro atoms. The maximum absolute atomic E-state index is 5.84. The van der Waals surface area contributed by atoms with Crippen LogP contribution in [0.15, 0.2) is 18.3 Å². The summed E-state index contributed by atoms with van der Waals surface area (Å²) in [5.74, 6) is 0.605. The van der Waals surface area contributed by atoms with Crippen LogP contribution in [-0.2, 0) is 20.0 Å². The topological polar surface area (TPSA) is 68.8 Å². The molecule has 0 radical (unpaired) electrons. The fraction of sp³-hybridized carbons (Fsp3) is 0.333. The summed E-state index contributed by atoms with van der Waals surface area (Å²) in [7, 11) is 1.91. The van der Waals surface area contributed by atoms with Crippen LogP contribution in [0.25, 0.3) is 0 Å². The molecule has 96 valence electrons. The number of pyridine rings is 1. The highest BCUT2D eigenvalue weighted by Gasteiger charge is 2.07. The van der Waals surface area contributed by atoms with Gasteiger partial charge in [-0.3, -0.25) is 4.68 Å². The summed E-state index contributed by atoms with van der Waals surface area (Å²) in [5.41, 5.74) is 8.62. The average Bonchev–Trinajstić information content (AvgIpc) is 2.71. The largest absolute Gasteiger partial charge is 0.396 e. The third-order valence-corrected chi connectivity index (χ3v) is 2.88. The molecule has 0 saturated heterocycles. The second-order valence-corrected chi connectivity index (χ2v) is 4.44. The van der Waals surface area contributed by atoms with Gasteiger partial charge in [-0.2, -0.15) is 5.10 Å². The number of hydrogen-bond donors (Lipinski definition) is 2. The molecule has 0 atom stereocenters. The summed E-state index contributed by atoms with van der Waals surface area (Å²) >= 11 is 5.84. The lowest BCUT2D eigenvalue weighted by molar-refractivity contribution is 0.746. The van der Waals surface area contributed by atoms with Gasteiger partial charge in [0.05, 0.1) is 11.4 Å². The molecule has 0 bridgehead atoms. The van der Waals surface area contributed by atoms with Crippen molar-refractivity contribution < 1.29 is 0 Å². The molecule has 2 aromatic heterocycles. The fourth-order valence-corrected chi connectivity index (χ4v) is 1.94. The zero-order valence-electron chi connectivity index (χ0n) is 10.4. The van der Waals surface area contributed by atoms with Gasteiger partial charge in [-0.25, -0.2) is 4.98 Å². The Bertz CT molecular complexity index is 549. The van der Waals surface area contributed by atoms with Crippen molar-refractivity contribution >= 4 is 23.1 Å². The molecular weight excluding hydrogens is 250 g/mol. The van der Waals surface area contributed by atoms with Gasteiger partial charge in [-0.05, 0) is 18.6 Å². The van der Waals surface area contributed by atoms with Crippen molar-refractivity contribution in [1.82, 2.24) is 14.8 Å². The fourth-order valence-electron chi connectivity index (χ4n) is 1.80. The van der Waals surface area contributed by atoms with Crippen molar-refractivity contribution in [2.75, 3.05) is 11.1 Å². The second-order valence-electron chi connectivity index (χ2n) is 4.05. The highest BCUT2D eigenvalue weighted by atomic mass is 35.5. The average molecular weight is 266 g/mol. The van der Waals surface area contributed by atoms with Gasteiger partial charge in [0.25, 0.3) is 0 Å². The van der Waals surface area contributed by atoms with Crippen LogP contribution >= 0.6 is 11.6 Å². The normalized spacial score (nSPS) is 10.6. The summed E-state index contributed by atoms with van der Waals surface area (Å²) in [6.45, 7) is 2.71. The number of nitrogens with zero attached hydrogens (tertiary/aromatic N) is 3. The van der Waals surface area contributed by atoms with Gasteiger partial charge in [0.1, 0.15) is 5.15 Å². The third kappa shape index (κ3) is 2.73. The number of rotatable bonds is 4. The molecule has 6 heteroatoms. The maximum atomic E-state index is 5.84. The number of halogens is 1. The number of nitrogens with two attached hydrogens (primary N) is 1. The van der Waals surface area contributed by atoms with Crippen molar-refractivity contribution in [1.29, 1.82) is 0 Å². The molecule has 0 aromatic carbocycles. The van der Waals surface area contributed by atoms with Gasteiger partial charge in [-0.15, -0.1) is 0 Å². The van der Waals surface area contributed by atoms with E-state index < -0.39 is 0 Å². The SMILES string of the molecule is CCc1nn(C)cc1CNc1nc(Cl)ccc1N. The van der Waals surface area contributed by atoms with Gasteiger partial charge in [-0.1, -0.05) is 18.5 Å². The smallest absolute Gasteiger partial charge is 0.151 e. The third-order valence-electron chi connectivity index (χ3n) is 2.67. The lowest BCUT2D eigenvalue weighted by Gasteiger charge is -2.08. The molecule has 5 nitrogen and oxygen atoms in total. The van der Waals surface area contributed by atoms with E-state index >= 15 is 0 Å². The lowest BCUT2D eigenvalue weighted by Crippen LogP contribution is -2.05. The Balaban J connectivity index is 2.13. The van der Waals surface area contributed by atoms with E-state index in [-0.39, 0.29) is 0 Å². The number of aryl methyl sites for hydroxylation is 2. The molecule has 2 rings (SSSR count). The molecule has 3 N–H and O–H groups in total. The van der Waals surface area contributed by atoms with Crippen LogP contribution in [0.5, 0.6) is 0 Å². The van der Waals surface area contributed by atoms with Crippen LogP contribution in [0.4, 0.5) is 11.5 Å². The first-order chi connectivity index (χ1) is 8.60. The van der Waals surface area contributed by atoms with Crippen molar-refractivity contribution in [3.63, 3.8) is 0 Å². The standard InChI is InChI=1S/C12H16ClN5/c1-3-10-8(7-18(2)17-10)6-15-12-9(14)4-5-11(13)16-12/h4-5,7H,3,6,14H2,1-2H3,(H,15,16). The number of hydrogen-bond acceptors (Lipinski definition) is 4. The van der Waals surface area contributed by atoms with Gasteiger partial charge in [0.15, 0.2) is 5.82 Å². The summed E-state index contributed by atoms with van der Waals surface area (Å²) in [4.78, 5) is 4.15. The molecular formula is C12H16ClN5. The van der Waals surface area contributed by atoms with Crippen molar-refractivity contribution in [3.8, 4) is 0 Å². The minimum Gasteiger partial charge on any atom is -0.396 e. The molecule has 0 fully saturated rings. The second kappa shape index (κ2) is 5.27. The van der Waals surface area contributed by atoms with E-state index in [9.17, 15) is 0 Å². The van der Waals surface area contributed by atoms with E-state index in [1.54, 1.807) is 12.1 Å². The van der Waals surface area contributed by atoms with Crippen LogP contribution in [-0.4, -0.2) is 14.8 Å². The summed E-state index contributed by atoms with van der Waals surface area (Å²) in [6, 6.07) is 3.41. The molecule has 18 heavy (non-hydrogen) atoms. The summed E-state index contributed by atoms with van der Waals surface area (Å²) in [6.07, 6.45) is 2.89. The number of aromatic nitrogens is 3. The Hall–Kier alpha value is -1.75. The molecule has 0 aliphatic rings. The predicted octanol–water partition coefficient (Wildman–Crippen LogP) is 2.23. The van der Waals surface area contributed by atoms with E-state index in [1.807, 2.05) is 17.9 Å². The first kappa shape index (κ1) is 12.7. The summed E-state index contributed by atoms with van der Waals surface area (Å²) in [5, 5.41) is 7.99. The molecule has 0 unspecified atom stereocenters. The van der Waals surface area contributed by atoms with Crippen LogP contribution in [0.3, 0.4) is 0 Å². The molecule has 2 heterocycles. The predicted molar refractivity (Wildman–Crippen MR) is 73.6 cm³/mol. The van der Waals surface area contributed by atoms with Gasteiger partial charge in [0, 0.05) is 25.4 Å². The Morgan fingerprint density at radius 3 is 2.94 bits per heavy atom. The first-order valence-electron chi connectivity index (χ1n) is 5.77. The molecule has 0 saturated carbocycles. The Labute approximate surface area is 111 Å². The highest BCUT2D eigenvalue weighted by molar-refractivity contribution is 6.29. The monoisotopic (exact) mass is 265 g/mol. The van der Waals surface area contributed by atoms with Crippen LogP contribution in [0.2, 0.25) is 5.15 Å². The highest BCUT2D eigenvalue weighted by Crippen LogP contribution is 2.19. The molecule has 0 amide bonds. The van der Waals surface area contributed by atoms with E-state index in [0.717, 1.165) is 17.7 Å². The number of nitrogen functional groups attached to an aromatic ring is 1. The molecule has 2 aromatic rings. The van der Waals surface area contributed by atoms with E-state index in [0.29, 0.717) is 23.2 Å². The molecule has 0 aliphatic heterocycles. The van der Waals surface area contributed by atoms with Gasteiger partial charge < -0.3 is 11.1 Å². The van der Waals surface area contributed by atoms with Crippen molar-refractivity contribution in [2.24, 2.45) is 7.05 Å². The zero-order chi connectivity index (χ0) is 13.1. The minimum absolute atomic E-state index is 0.425. The number of anilines is 2. The first-order valence-corrected chi connectivity index (χ1v) is 6.15. The Kier molecular flexibility index (Phi) is 3.72. The van der Waals surface area contributed by atoms with Crippen LogP contribution < -0.4 is 11.1 Å². The van der Waals surface area contributed by atoms with E-state index in [1.165, 1.54) is 0 Å². The van der Waals surface area contributed by atoms with Gasteiger partial charge >= 0.3 is 0 Å². The number of nitrogens with one attached hydrogen (secondary N) is 1. The van der Waals surface area contributed by atoms with Crippen molar-refractivity contribution in [3.05, 3.63) is 34.7 Å². The maximum Gasteiger partial charge on any atom is 0.151 e. The summed E-state index contributed by atoms with van der Waals surface area (Å²) < 4.78 is 1.81. The quantitative estimate of drug-likeness (QED) is 0.832. The Morgan fingerprint density at radius 1 is 1.44 bits per heavy atom. The van der Waals surface area contributed by atoms with Crippen LogP contribution in [0.1, 0.15) is 18.2 Å².